The zero-order valence-electron chi connectivity index (χ0n) is 16.1. The van der Waals surface area contributed by atoms with Gasteiger partial charge in [0.25, 0.3) is 11.7 Å². The van der Waals surface area contributed by atoms with Gasteiger partial charge in [-0.25, -0.2) is 4.79 Å². The molecule has 3 aromatic rings. The van der Waals surface area contributed by atoms with Gasteiger partial charge >= 0.3 is 5.97 Å². The van der Waals surface area contributed by atoms with E-state index < -0.39 is 23.7 Å². The average Bonchev–Trinajstić information content (AvgIpc) is 3.09. The quantitative estimate of drug-likeness (QED) is 0.602. The molecule has 29 heavy (non-hydrogen) atoms. The SMILES string of the molecule is Cc1ccccc1-c1nn(C)cc1C(=O)NC(Cc1ccccc1)C(=O)C(=O)O. The van der Waals surface area contributed by atoms with Crippen molar-refractivity contribution < 1.29 is 19.5 Å². The van der Waals surface area contributed by atoms with Gasteiger partial charge in [-0.3, -0.25) is 14.3 Å². The first-order chi connectivity index (χ1) is 13.9. The fraction of sp³-hybridized carbons (Fsp3) is 0.182. The predicted octanol–water partition coefficient (Wildman–Crippen LogP) is 2.39. The van der Waals surface area contributed by atoms with Crippen molar-refractivity contribution in [3.05, 3.63) is 77.5 Å². The molecule has 1 aromatic heterocycles. The number of rotatable bonds is 7. The van der Waals surface area contributed by atoms with Crippen LogP contribution in [-0.4, -0.2) is 38.6 Å². The van der Waals surface area contributed by atoms with Crippen molar-refractivity contribution in [1.82, 2.24) is 15.1 Å². The Labute approximate surface area is 168 Å². The third-order valence-electron chi connectivity index (χ3n) is 4.59. The van der Waals surface area contributed by atoms with E-state index in [-0.39, 0.29) is 12.0 Å². The van der Waals surface area contributed by atoms with E-state index in [1.807, 2.05) is 37.3 Å². The molecule has 1 unspecified atom stereocenters. The summed E-state index contributed by atoms with van der Waals surface area (Å²) in [6, 6.07) is 15.3. The Morgan fingerprint density at radius 2 is 1.72 bits per heavy atom. The summed E-state index contributed by atoms with van der Waals surface area (Å²) in [5.41, 5.74) is 3.24. The highest BCUT2D eigenvalue weighted by molar-refractivity contribution is 6.35. The molecule has 0 aliphatic rings. The first-order valence-electron chi connectivity index (χ1n) is 9.08. The highest BCUT2D eigenvalue weighted by Gasteiger charge is 2.29. The molecule has 0 saturated carbocycles. The molecule has 148 valence electrons. The maximum absolute atomic E-state index is 13.0. The van der Waals surface area contributed by atoms with Crippen LogP contribution >= 0.6 is 0 Å². The molecule has 0 aliphatic carbocycles. The average molecular weight is 391 g/mol. The van der Waals surface area contributed by atoms with E-state index in [1.165, 1.54) is 4.68 Å². The number of nitrogens with zero attached hydrogens (tertiary/aromatic N) is 2. The largest absolute Gasteiger partial charge is 0.475 e. The van der Waals surface area contributed by atoms with Crippen molar-refractivity contribution in [2.75, 3.05) is 0 Å². The normalized spacial score (nSPS) is 11.7. The number of amides is 1. The van der Waals surface area contributed by atoms with E-state index in [0.29, 0.717) is 5.69 Å². The molecule has 2 N–H and O–H groups in total. The lowest BCUT2D eigenvalue weighted by Gasteiger charge is -2.16. The topological polar surface area (TPSA) is 101 Å². The number of carbonyl (C=O) groups excluding carboxylic acids is 2. The maximum Gasteiger partial charge on any atom is 0.374 e. The molecule has 0 bridgehead atoms. The Hall–Kier alpha value is -3.74. The second kappa shape index (κ2) is 8.52. The van der Waals surface area contributed by atoms with Gasteiger partial charge in [0.05, 0.1) is 5.56 Å². The third kappa shape index (κ3) is 4.57. The van der Waals surface area contributed by atoms with Crippen LogP contribution in [0.5, 0.6) is 0 Å². The monoisotopic (exact) mass is 391 g/mol. The van der Waals surface area contributed by atoms with Crippen LogP contribution in [-0.2, 0) is 23.1 Å². The van der Waals surface area contributed by atoms with Gasteiger partial charge in [-0.05, 0) is 18.1 Å². The molecule has 0 fully saturated rings. The van der Waals surface area contributed by atoms with Gasteiger partial charge in [0, 0.05) is 25.2 Å². The number of ketones is 1. The second-order valence-corrected chi connectivity index (χ2v) is 6.77. The number of carboxylic acids is 1. The fourth-order valence-corrected chi connectivity index (χ4v) is 3.14. The number of hydrogen-bond donors (Lipinski definition) is 2. The van der Waals surface area contributed by atoms with Crippen LogP contribution in [0, 0.1) is 6.92 Å². The molecule has 1 heterocycles. The van der Waals surface area contributed by atoms with E-state index in [9.17, 15) is 14.4 Å². The van der Waals surface area contributed by atoms with Gasteiger partial charge in [0.15, 0.2) is 0 Å². The zero-order valence-corrected chi connectivity index (χ0v) is 16.1. The van der Waals surface area contributed by atoms with Crippen LogP contribution in [0.3, 0.4) is 0 Å². The summed E-state index contributed by atoms with van der Waals surface area (Å²) in [5.74, 6) is -3.20. The highest BCUT2D eigenvalue weighted by atomic mass is 16.4. The smallest absolute Gasteiger partial charge is 0.374 e. The van der Waals surface area contributed by atoms with Crippen LogP contribution in [0.15, 0.2) is 60.8 Å². The fourth-order valence-electron chi connectivity index (χ4n) is 3.14. The molecule has 0 spiro atoms. The van der Waals surface area contributed by atoms with Crippen molar-refractivity contribution >= 4 is 17.7 Å². The molecule has 7 nitrogen and oxygen atoms in total. The first-order valence-corrected chi connectivity index (χ1v) is 9.08. The highest BCUT2D eigenvalue weighted by Crippen LogP contribution is 2.25. The number of nitrogens with one attached hydrogen (secondary N) is 1. The summed E-state index contributed by atoms with van der Waals surface area (Å²) in [4.78, 5) is 36.4. The standard InChI is InChI=1S/C22H21N3O4/c1-14-8-6-7-11-16(14)19-17(13-25(2)24-19)21(27)23-18(20(26)22(28)29)12-15-9-4-3-5-10-15/h3-11,13,18H,12H2,1-2H3,(H,23,27)(H,28,29). The molecule has 7 heteroatoms. The number of Topliss-reactive ketones (excluding diaryl/α,β-unsaturated/α-hetero) is 1. The summed E-state index contributed by atoms with van der Waals surface area (Å²) < 4.78 is 1.52. The Bertz CT molecular complexity index is 1060. The lowest BCUT2D eigenvalue weighted by Crippen LogP contribution is -2.45. The molecule has 0 saturated heterocycles. The Morgan fingerprint density at radius 3 is 2.38 bits per heavy atom. The van der Waals surface area contributed by atoms with E-state index in [0.717, 1.165) is 16.7 Å². The van der Waals surface area contributed by atoms with Gasteiger partial charge < -0.3 is 10.4 Å². The van der Waals surface area contributed by atoms with Crippen LogP contribution in [0.25, 0.3) is 11.3 Å². The van der Waals surface area contributed by atoms with E-state index in [4.69, 9.17) is 5.11 Å². The van der Waals surface area contributed by atoms with Crippen LogP contribution in [0.4, 0.5) is 0 Å². The van der Waals surface area contributed by atoms with Gasteiger partial charge in [0.2, 0.25) is 0 Å². The Morgan fingerprint density at radius 1 is 1.07 bits per heavy atom. The Balaban J connectivity index is 1.91. The van der Waals surface area contributed by atoms with Gasteiger partial charge in [-0.15, -0.1) is 0 Å². The van der Waals surface area contributed by atoms with E-state index >= 15 is 0 Å². The van der Waals surface area contributed by atoms with Crippen molar-refractivity contribution in [1.29, 1.82) is 0 Å². The zero-order chi connectivity index (χ0) is 21.0. The molecule has 1 amide bonds. The van der Waals surface area contributed by atoms with Crippen molar-refractivity contribution in [3.8, 4) is 11.3 Å². The Kier molecular flexibility index (Phi) is 5.87. The van der Waals surface area contributed by atoms with Gasteiger partial charge in [-0.1, -0.05) is 54.6 Å². The number of hydrogen-bond acceptors (Lipinski definition) is 4. The summed E-state index contributed by atoms with van der Waals surface area (Å²) in [7, 11) is 1.70. The minimum Gasteiger partial charge on any atom is -0.475 e. The number of carboxylic acid groups (broad SMARTS) is 1. The minimum atomic E-state index is -1.59. The molecular weight excluding hydrogens is 370 g/mol. The molecule has 3 rings (SSSR count). The van der Waals surface area contributed by atoms with Gasteiger partial charge in [0.1, 0.15) is 11.7 Å². The van der Waals surface area contributed by atoms with Crippen LogP contribution < -0.4 is 5.32 Å². The van der Waals surface area contributed by atoms with Gasteiger partial charge in [-0.2, -0.15) is 5.10 Å². The number of benzene rings is 2. The van der Waals surface area contributed by atoms with Crippen LogP contribution in [0.1, 0.15) is 21.5 Å². The second-order valence-electron chi connectivity index (χ2n) is 6.77. The maximum atomic E-state index is 13.0. The lowest BCUT2D eigenvalue weighted by atomic mass is 10.00. The number of carbonyl (C=O) groups is 3. The van der Waals surface area contributed by atoms with E-state index in [1.54, 1.807) is 37.5 Å². The first kappa shape index (κ1) is 20.0. The summed E-state index contributed by atoms with van der Waals surface area (Å²) in [6.07, 6.45) is 1.64. The van der Waals surface area contributed by atoms with Crippen molar-refractivity contribution in [2.45, 2.75) is 19.4 Å². The molecule has 0 aliphatic heterocycles. The van der Waals surface area contributed by atoms with Crippen LogP contribution in [0.2, 0.25) is 0 Å². The molecular formula is C22H21N3O4. The lowest BCUT2D eigenvalue weighted by molar-refractivity contribution is -0.149. The minimum absolute atomic E-state index is 0.0810. The molecule has 2 aromatic carbocycles. The summed E-state index contributed by atoms with van der Waals surface area (Å²) >= 11 is 0. The summed E-state index contributed by atoms with van der Waals surface area (Å²) in [6.45, 7) is 1.91. The van der Waals surface area contributed by atoms with E-state index in [2.05, 4.69) is 10.4 Å². The predicted molar refractivity (Wildman–Crippen MR) is 107 cm³/mol. The number of aromatic nitrogens is 2. The van der Waals surface area contributed by atoms with Crippen molar-refractivity contribution in [2.24, 2.45) is 7.05 Å². The molecule has 0 radical (unpaired) electrons. The number of aliphatic carboxylic acids is 1. The summed E-state index contributed by atoms with van der Waals surface area (Å²) in [5, 5.41) is 16.1. The third-order valence-corrected chi connectivity index (χ3v) is 4.59. The molecule has 1 atom stereocenters. The number of aryl methyl sites for hydroxylation is 2. The van der Waals surface area contributed by atoms with Crippen molar-refractivity contribution in [3.63, 3.8) is 0 Å².